The van der Waals surface area contributed by atoms with Crippen LogP contribution >= 0.6 is 0 Å². The summed E-state index contributed by atoms with van der Waals surface area (Å²) in [6.07, 6.45) is 2.11. The summed E-state index contributed by atoms with van der Waals surface area (Å²) in [5, 5.41) is 5.27. The zero-order valence-electron chi connectivity index (χ0n) is 16.2. The minimum Gasteiger partial charge on any atom is -0.427 e. The molecule has 1 unspecified atom stereocenters. The van der Waals surface area contributed by atoms with E-state index in [4.69, 9.17) is 4.42 Å². The molecule has 1 heterocycles. The summed E-state index contributed by atoms with van der Waals surface area (Å²) < 4.78 is 5.38. The summed E-state index contributed by atoms with van der Waals surface area (Å²) in [5.41, 5.74) is 1.23. The number of nitrogens with one attached hydrogen (secondary N) is 2. The molecule has 2 N–H and O–H groups in total. The predicted molar refractivity (Wildman–Crippen MR) is 105 cm³/mol. The molecule has 2 amide bonds. The first kappa shape index (κ1) is 20.4. The monoisotopic (exact) mass is 370 g/mol. The van der Waals surface area contributed by atoms with Gasteiger partial charge in [-0.25, -0.2) is 4.79 Å². The lowest BCUT2D eigenvalue weighted by atomic mass is 10.0. The molecule has 2 rings (SSSR count). The number of amides is 2. The Morgan fingerprint density at radius 1 is 1.22 bits per heavy atom. The third-order valence-corrected chi connectivity index (χ3v) is 4.43. The molecular weight excluding hydrogens is 344 g/mol. The first-order valence-corrected chi connectivity index (χ1v) is 9.11. The minimum atomic E-state index is -0.632. The van der Waals surface area contributed by atoms with Crippen molar-refractivity contribution in [3.05, 3.63) is 63.2 Å². The number of carbonyl (C=O) groups excluding carboxylic acids is 2. The van der Waals surface area contributed by atoms with Crippen LogP contribution in [0.15, 0.2) is 39.5 Å². The first-order valence-electron chi connectivity index (χ1n) is 9.11. The van der Waals surface area contributed by atoms with E-state index in [9.17, 15) is 14.4 Å². The van der Waals surface area contributed by atoms with Gasteiger partial charge in [0, 0.05) is 18.7 Å². The summed E-state index contributed by atoms with van der Waals surface area (Å²) in [7, 11) is 1.57. The van der Waals surface area contributed by atoms with E-state index in [1.807, 2.05) is 6.92 Å². The van der Waals surface area contributed by atoms with Gasteiger partial charge in [-0.15, -0.1) is 0 Å². The van der Waals surface area contributed by atoms with Gasteiger partial charge in [0.2, 0.25) is 5.91 Å². The Morgan fingerprint density at radius 3 is 2.59 bits per heavy atom. The largest absolute Gasteiger partial charge is 0.427 e. The molecule has 0 aliphatic rings. The van der Waals surface area contributed by atoms with E-state index in [1.54, 1.807) is 44.3 Å². The van der Waals surface area contributed by atoms with Gasteiger partial charge in [-0.1, -0.05) is 32.4 Å². The number of hydrogen-bond donors (Lipinski definition) is 2. The smallest absolute Gasteiger partial charge is 0.349 e. The Labute approximate surface area is 159 Å². The molecule has 0 bridgehead atoms. The van der Waals surface area contributed by atoms with Crippen molar-refractivity contribution in [1.29, 1.82) is 0 Å². The molecule has 0 radical (unpaired) electrons. The second-order valence-electron chi connectivity index (χ2n) is 6.69. The first-order chi connectivity index (χ1) is 12.8. The lowest BCUT2D eigenvalue weighted by molar-refractivity contribution is -0.119. The van der Waals surface area contributed by atoms with Crippen molar-refractivity contribution in [1.82, 2.24) is 5.32 Å². The molecule has 27 heavy (non-hydrogen) atoms. The van der Waals surface area contributed by atoms with Crippen molar-refractivity contribution in [2.45, 2.75) is 46.0 Å². The second-order valence-corrected chi connectivity index (χ2v) is 6.69. The van der Waals surface area contributed by atoms with Crippen molar-refractivity contribution in [2.75, 3.05) is 12.4 Å². The average Bonchev–Trinajstić information content (AvgIpc) is 2.61. The van der Waals surface area contributed by atoms with Gasteiger partial charge in [-0.05, 0) is 42.7 Å². The van der Waals surface area contributed by atoms with Gasteiger partial charge in [0.25, 0.3) is 5.91 Å². The van der Waals surface area contributed by atoms with Crippen molar-refractivity contribution in [2.24, 2.45) is 0 Å². The van der Waals surface area contributed by atoms with Gasteiger partial charge < -0.3 is 15.1 Å². The fraction of sp³-hybridized carbons (Fsp3) is 0.381. The van der Waals surface area contributed by atoms with Crippen LogP contribution in [0.3, 0.4) is 0 Å². The van der Waals surface area contributed by atoms with Crippen LogP contribution in [-0.2, 0) is 11.2 Å². The van der Waals surface area contributed by atoms with Crippen molar-refractivity contribution in [3.8, 4) is 0 Å². The van der Waals surface area contributed by atoms with Crippen molar-refractivity contribution < 1.29 is 14.0 Å². The lowest BCUT2D eigenvalue weighted by Gasteiger charge is -2.12. The molecule has 0 aliphatic carbocycles. The Hall–Kier alpha value is -2.89. The highest BCUT2D eigenvalue weighted by Crippen LogP contribution is 2.21. The lowest BCUT2D eigenvalue weighted by Crippen LogP contribution is -2.23. The predicted octanol–water partition coefficient (Wildman–Crippen LogP) is 3.39. The molecule has 144 valence electrons. The molecule has 2 aromatic rings. The Bertz CT molecular complexity index is 886. The normalized spacial score (nSPS) is 11.7. The third-order valence-electron chi connectivity index (χ3n) is 4.43. The minimum absolute atomic E-state index is 0.000784. The molecule has 1 aromatic heterocycles. The molecule has 1 aromatic carbocycles. The second kappa shape index (κ2) is 9.16. The van der Waals surface area contributed by atoms with Gasteiger partial charge in [0.15, 0.2) is 0 Å². The van der Waals surface area contributed by atoms with Gasteiger partial charge in [0.05, 0.1) is 6.42 Å². The maximum Gasteiger partial charge on any atom is 0.349 e. The molecule has 0 saturated heterocycles. The van der Waals surface area contributed by atoms with Crippen LogP contribution in [0.5, 0.6) is 0 Å². The summed E-state index contributed by atoms with van der Waals surface area (Å²) >= 11 is 0. The van der Waals surface area contributed by atoms with Crippen LogP contribution < -0.4 is 16.3 Å². The zero-order chi connectivity index (χ0) is 20.0. The van der Waals surface area contributed by atoms with Crippen LogP contribution in [0.4, 0.5) is 5.69 Å². The molecule has 6 heteroatoms. The summed E-state index contributed by atoms with van der Waals surface area (Å²) in [5.74, 6) is 0.0863. The van der Waals surface area contributed by atoms with Crippen LogP contribution in [0, 0.1) is 6.92 Å². The maximum absolute atomic E-state index is 12.6. The Kier molecular flexibility index (Phi) is 6.93. The molecule has 0 saturated carbocycles. The molecule has 0 spiro atoms. The van der Waals surface area contributed by atoms with E-state index in [1.165, 1.54) is 0 Å². The quantitative estimate of drug-likeness (QED) is 0.782. The van der Waals surface area contributed by atoms with Crippen LogP contribution in [0.25, 0.3) is 0 Å². The van der Waals surface area contributed by atoms with Gasteiger partial charge in [-0.2, -0.15) is 0 Å². The number of benzene rings is 1. The van der Waals surface area contributed by atoms with E-state index in [0.29, 0.717) is 17.0 Å². The van der Waals surface area contributed by atoms with Crippen LogP contribution in [0.1, 0.15) is 59.9 Å². The molecule has 6 nitrogen and oxygen atoms in total. The number of likely N-dealkylation sites (N-methyl/N-ethyl adjacent to an activating group) is 1. The Morgan fingerprint density at radius 2 is 1.96 bits per heavy atom. The number of anilines is 1. The fourth-order valence-corrected chi connectivity index (χ4v) is 2.95. The highest BCUT2D eigenvalue weighted by Gasteiger charge is 2.19. The summed E-state index contributed by atoms with van der Waals surface area (Å²) in [6.45, 7) is 5.80. The SMILES string of the molecule is CCCC(C)c1cc(C)c(C(=O)Nc2cccc(CC(=O)NC)c2)c(=O)o1. The fourth-order valence-electron chi connectivity index (χ4n) is 2.95. The number of aryl methyl sites for hydroxylation is 1. The van der Waals surface area contributed by atoms with E-state index in [2.05, 4.69) is 17.6 Å². The topological polar surface area (TPSA) is 88.4 Å². The van der Waals surface area contributed by atoms with E-state index < -0.39 is 11.5 Å². The zero-order valence-corrected chi connectivity index (χ0v) is 16.2. The highest BCUT2D eigenvalue weighted by atomic mass is 16.4. The summed E-state index contributed by atoms with van der Waals surface area (Å²) in [4.78, 5) is 36.5. The van der Waals surface area contributed by atoms with Crippen LogP contribution in [0.2, 0.25) is 0 Å². The van der Waals surface area contributed by atoms with Gasteiger partial charge in [-0.3, -0.25) is 9.59 Å². The number of hydrogen-bond acceptors (Lipinski definition) is 4. The average molecular weight is 370 g/mol. The molecule has 1 atom stereocenters. The van der Waals surface area contributed by atoms with E-state index >= 15 is 0 Å². The number of carbonyl (C=O) groups is 2. The van der Waals surface area contributed by atoms with Crippen molar-refractivity contribution >= 4 is 17.5 Å². The maximum atomic E-state index is 12.6. The molecule has 0 fully saturated rings. The highest BCUT2D eigenvalue weighted by molar-refractivity contribution is 6.05. The summed E-state index contributed by atoms with van der Waals surface area (Å²) in [6, 6.07) is 8.73. The van der Waals surface area contributed by atoms with Crippen LogP contribution in [-0.4, -0.2) is 18.9 Å². The number of rotatable bonds is 7. The van der Waals surface area contributed by atoms with Crippen molar-refractivity contribution in [3.63, 3.8) is 0 Å². The van der Waals surface area contributed by atoms with Gasteiger partial charge >= 0.3 is 5.63 Å². The van der Waals surface area contributed by atoms with E-state index in [0.717, 1.165) is 18.4 Å². The van der Waals surface area contributed by atoms with Gasteiger partial charge in [0.1, 0.15) is 11.3 Å². The van der Waals surface area contributed by atoms with E-state index in [-0.39, 0.29) is 23.8 Å². The Balaban J connectivity index is 2.22. The molecule has 0 aliphatic heterocycles. The third kappa shape index (κ3) is 5.29. The standard InChI is InChI=1S/C21H26N2O4/c1-5-7-13(2)17-10-14(3)19(21(26)27-17)20(25)23-16-9-6-8-15(11-16)12-18(24)22-4/h6,8-11,13H,5,7,12H2,1-4H3,(H,22,24)(H,23,25). The molecular formula is C21H26N2O4.